The molecule has 1 fully saturated rings. The maximum atomic E-state index is 13.2. The first-order chi connectivity index (χ1) is 15.0. The zero-order valence-electron chi connectivity index (χ0n) is 16.9. The van der Waals surface area contributed by atoms with Gasteiger partial charge >= 0.3 is 5.97 Å². The van der Waals surface area contributed by atoms with E-state index in [1.54, 1.807) is 29.2 Å². The van der Waals surface area contributed by atoms with Gasteiger partial charge in [0.1, 0.15) is 0 Å². The van der Waals surface area contributed by atoms with Gasteiger partial charge in [0.2, 0.25) is 0 Å². The molecule has 1 aliphatic rings. The van der Waals surface area contributed by atoms with E-state index in [-0.39, 0.29) is 11.5 Å². The number of amides is 1. The van der Waals surface area contributed by atoms with E-state index in [0.717, 1.165) is 22.4 Å². The number of hydrogen-bond acceptors (Lipinski definition) is 4. The zero-order valence-corrected chi connectivity index (χ0v) is 17.7. The third kappa shape index (κ3) is 4.92. The smallest absolute Gasteiger partial charge is 0.335 e. The van der Waals surface area contributed by atoms with Crippen LogP contribution in [0.5, 0.6) is 0 Å². The lowest BCUT2D eigenvalue weighted by molar-refractivity contribution is -0.122. The average molecular weight is 429 g/mol. The molecule has 5 nitrogen and oxygen atoms in total. The van der Waals surface area contributed by atoms with Crippen molar-refractivity contribution in [3.05, 3.63) is 106 Å². The minimum absolute atomic E-state index is 0.122. The summed E-state index contributed by atoms with van der Waals surface area (Å²) in [5.74, 6) is -1.10. The van der Waals surface area contributed by atoms with Crippen molar-refractivity contribution in [1.29, 1.82) is 0 Å². The van der Waals surface area contributed by atoms with Crippen molar-refractivity contribution in [3.8, 4) is 0 Å². The van der Waals surface area contributed by atoms with Crippen LogP contribution in [-0.4, -0.2) is 27.1 Å². The van der Waals surface area contributed by atoms with E-state index in [0.29, 0.717) is 16.6 Å². The summed E-state index contributed by atoms with van der Waals surface area (Å²) < 4.78 is 0. The van der Waals surface area contributed by atoms with Crippen molar-refractivity contribution in [3.63, 3.8) is 0 Å². The molecule has 3 aromatic carbocycles. The van der Waals surface area contributed by atoms with Crippen LogP contribution in [0.25, 0.3) is 6.08 Å². The summed E-state index contributed by atoms with van der Waals surface area (Å²) in [6.07, 6.45) is 1.88. The van der Waals surface area contributed by atoms with Gasteiger partial charge in [-0.15, -0.1) is 0 Å². The van der Waals surface area contributed by atoms with Crippen molar-refractivity contribution in [2.24, 2.45) is 4.99 Å². The lowest BCUT2D eigenvalue weighted by atomic mass is 10.1. The number of carbonyl (C=O) groups excluding carboxylic acids is 1. The molecular weight excluding hydrogens is 408 g/mol. The van der Waals surface area contributed by atoms with Gasteiger partial charge in [0.25, 0.3) is 5.91 Å². The quantitative estimate of drug-likeness (QED) is 0.545. The lowest BCUT2D eigenvalue weighted by Crippen LogP contribution is -2.28. The average Bonchev–Trinajstić information content (AvgIpc) is 3.03. The summed E-state index contributed by atoms with van der Waals surface area (Å²) >= 11 is 1.34. The molecular formula is C25H20N2O3S. The molecule has 0 aliphatic carbocycles. The highest BCUT2D eigenvalue weighted by molar-refractivity contribution is 8.18. The molecule has 1 aliphatic heterocycles. The van der Waals surface area contributed by atoms with Gasteiger partial charge < -0.3 is 5.11 Å². The van der Waals surface area contributed by atoms with Crippen LogP contribution in [0.1, 0.15) is 27.0 Å². The van der Waals surface area contributed by atoms with E-state index in [2.05, 4.69) is 0 Å². The van der Waals surface area contributed by atoms with Crippen LogP contribution < -0.4 is 0 Å². The van der Waals surface area contributed by atoms with E-state index in [1.807, 2.05) is 67.6 Å². The molecule has 0 aromatic heterocycles. The van der Waals surface area contributed by atoms with Gasteiger partial charge in [0.15, 0.2) is 5.17 Å². The number of amidine groups is 1. The molecule has 1 N–H and O–H groups in total. The van der Waals surface area contributed by atoms with Gasteiger partial charge in [-0.05, 0) is 60.2 Å². The fourth-order valence-electron chi connectivity index (χ4n) is 3.19. The zero-order chi connectivity index (χ0) is 21.8. The Morgan fingerprint density at radius 1 is 1.03 bits per heavy atom. The molecule has 154 valence electrons. The highest BCUT2D eigenvalue weighted by Crippen LogP contribution is 2.35. The predicted octanol–water partition coefficient (Wildman–Crippen LogP) is 5.50. The Balaban J connectivity index is 1.67. The SMILES string of the molecule is Cc1cccc(C=C2SC(=Nc3ccccc3)N(Cc3ccc(C(=O)O)cc3)C2=O)c1. The number of thioether (sulfide) groups is 1. The summed E-state index contributed by atoms with van der Waals surface area (Å²) in [6.45, 7) is 2.32. The van der Waals surface area contributed by atoms with E-state index in [1.165, 1.54) is 11.8 Å². The first-order valence-corrected chi connectivity index (χ1v) is 10.6. The van der Waals surface area contributed by atoms with Gasteiger partial charge in [0.05, 0.1) is 22.7 Å². The third-order valence-corrected chi connectivity index (χ3v) is 5.76. The number of aliphatic imine (C=N–C) groups is 1. The molecule has 1 amide bonds. The summed E-state index contributed by atoms with van der Waals surface area (Å²) in [7, 11) is 0. The van der Waals surface area contributed by atoms with Crippen LogP contribution in [-0.2, 0) is 11.3 Å². The maximum Gasteiger partial charge on any atom is 0.335 e. The minimum atomic E-state index is -0.978. The van der Waals surface area contributed by atoms with Crippen LogP contribution in [0.3, 0.4) is 0 Å². The van der Waals surface area contributed by atoms with Gasteiger partial charge in [-0.2, -0.15) is 0 Å². The summed E-state index contributed by atoms with van der Waals surface area (Å²) in [5, 5.41) is 9.70. The van der Waals surface area contributed by atoms with E-state index in [4.69, 9.17) is 10.1 Å². The lowest BCUT2D eigenvalue weighted by Gasteiger charge is -2.16. The second-order valence-corrected chi connectivity index (χ2v) is 8.16. The van der Waals surface area contributed by atoms with Crippen LogP contribution >= 0.6 is 11.8 Å². The van der Waals surface area contributed by atoms with Crippen LogP contribution in [0.4, 0.5) is 5.69 Å². The first kappa shape index (κ1) is 20.6. The third-order valence-electron chi connectivity index (χ3n) is 4.75. The number of para-hydroxylation sites is 1. The van der Waals surface area contributed by atoms with E-state index < -0.39 is 5.97 Å². The Hall–Kier alpha value is -3.64. The monoisotopic (exact) mass is 428 g/mol. The second kappa shape index (κ2) is 9.02. The Morgan fingerprint density at radius 2 is 1.77 bits per heavy atom. The standard InChI is InChI=1S/C25H20N2O3S/c1-17-6-5-7-19(14-17)15-22-23(28)27(16-18-10-12-20(13-11-18)24(29)30)25(31-22)26-21-8-3-2-4-9-21/h2-15H,16H2,1H3,(H,29,30). The Morgan fingerprint density at radius 3 is 2.45 bits per heavy atom. The second-order valence-electron chi connectivity index (χ2n) is 7.15. The van der Waals surface area contributed by atoms with Crippen LogP contribution in [0, 0.1) is 6.92 Å². The summed E-state index contributed by atoms with van der Waals surface area (Å²) in [6, 6.07) is 24.0. The van der Waals surface area contributed by atoms with E-state index >= 15 is 0 Å². The number of aryl methyl sites for hydroxylation is 1. The Labute approximate surface area is 184 Å². The number of aromatic carboxylic acids is 1. The molecule has 3 aromatic rings. The molecule has 4 rings (SSSR count). The van der Waals surface area contributed by atoms with Crippen molar-refractivity contribution in [2.45, 2.75) is 13.5 Å². The number of carboxylic acid groups (broad SMARTS) is 1. The fourth-order valence-corrected chi connectivity index (χ4v) is 4.19. The van der Waals surface area contributed by atoms with Crippen molar-refractivity contribution in [2.75, 3.05) is 0 Å². The van der Waals surface area contributed by atoms with Crippen molar-refractivity contribution >= 4 is 40.6 Å². The summed E-state index contributed by atoms with van der Waals surface area (Å²) in [5.41, 5.74) is 3.89. The maximum absolute atomic E-state index is 13.2. The van der Waals surface area contributed by atoms with E-state index in [9.17, 15) is 9.59 Å². The van der Waals surface area contributed by atoms with Crippen molar-refractivity contribution in [1.82, 2.24) is 4.90 Å². The molecule has 0 spiro atoms. The Kier molecular flexibility index (Phi) is 6.00. The minimum Gasteiger partial charge on any atom is -0.478 e. The number of carboxylic acids is 1. The molecule has 6 heteroatoms. The van der Waals surface area contributed by atoms with Gasteiger partial charge in [-0.1, -0.05) is 60.2 Å². The highest BCUT2D eigenvalue weighted by Gasteiger charge is 2.33. The van der Waals surface area contributed by atoms with Crippen molar-refractivity contribution < 1.29 is 14.7 Å². The molecule has 1 saturated heterocycles. The normalized spacial score (nSPS) is 16.3. The number of hydrogen-bond donors (Lipinski definition) is 1. The topological polar surface area (TPSA) is 70.0 Å². The number of nitrogens with zero attached hydrogens (tertiary/aromatic N) is 2. The predicted molar refractivity (Wildman–Crippen MR) is 124 cm³/mol. The molecule has 0 bridgehead atoms. The van der Waals surface area contributed by atoms with Crippen LogP contribution in [0.2, 0.25) is 0 Å². The number of rotatable bonds is 5. The molecule has 0 unspecified atom stereocenters. The van der Waals surface area contributed by atoms with Gasteiger partial charge in [-0.25, -0.2) is 9.79 Å². The molecule has 31 heavy (non-hydrogen) atoms. The molecule has 1 heterocycles. The first-order valence-electron chi connectivity index (χ1n) is 9.74. The van der Waals surface area contributed by atoms with Gasteiger partial charge in [-0.3, -0.25) is 9.69 Å². The largest absolute Gasteiger partial charge is 0.478 e. The number of benzene rings is 3. The number of carbonyl (C=O) groups is 2. The fraction of sp³-hybridized carbons (Fsp3) is 0.0800. The Bertz CT molecular complexity index is 1180. The highest BCUT2D eigenvalue weighted by atomic mass is 32.2. The summed E-state index contributed by atoms with van der Waals surface area (Å²) in [4.78, 5) is 31.3. The van der Waals surface area contributed by atoms with Gasteiger partial charge in [0, 0.05) is 0 Å². The molecule has 0 saturated carbocycles. The van der Waals surface area contributed by atoms with Crippen LogP contribution in [0.15, 0.2) is 88.8 Å². The molecule has 0 radical (unpaired) electrons. The molecule has 0 atom stereocenters.